The molecule has 31 heavy (non-hydrogen) atoms. The molecule has 8 heteroatoms. The normalized spacial score (nSPS) is 13.1. The van der Waals surface area contributed by atoms with Gasteiger partial charge in [0, 0.05) is 24.9 Å². The van der Waals surface area contributed by atoms with Gasteiger partial charge < -0.3 is 9.47 Å². The molecule has 0 N–H and O–H groups in total. The van der Waals surface area contributed by atoms with Gasteiger partial charge in [-0.25, -0.2) is 14.6 Å². The number of pyridine rings is 1. The van der Waals surface area contributed by atoms with E-state index in [1.54, 1.807) is 29.9 Å². The van der Waals surface area contributed by atoms with Crippen LogP contribution < -0.4 is 14.4 Å². The molecule has 0 bridgehead atoms. The Morgan fingerprint density at radius 1 is 0.935 bits per heavy atom. The Labute approximate surface area is 177 Å². The number of rotatable bonds is 4. The molecule has 2 aromatic carbocycles. The number of nitrogens with zero attached hydrogens (tertiary/aromatic N) is 4. The second-order valence-corrected chi connectivity index (χ2v) is 7.07. The molecule has 0 saturated carbocycles. The number of anilines is 1. The van der Waals surface area contributed by atoms with Crippen molar-refractivity contribution in [3.63, 3.8) is 0 Å². The van der Waals surface area contributed by atoms with E-state index in [2.05, 4.69) is 10.1 Å². The summed E-state index contributed by atoms with van der Waals surface area (Å²) in [4.78, 5) is 32.5. The van der Waals surface area contributed by atoms with E-state index < -0.39 is 11.8 Å². The molecule has 0 aliphatic carbocycles. The molecule has 4 aromatic rings. The summed E-state index contributed by atoms with van der Waals surface area (Å²) < 4.78 is 12.3. The van der Waals surface area contributed by atoms with Crippen molar-refractivity contribution < 1.29 is 19.1 Å². The predicted molar refractivity (Wildman–Crippen MR) is 115 cm³/mol. The largest absolute Gasteiger partial charge is 0.497 e. The maximum atomic E-state index is 13.6. The molecule has 0 radical (unpaired) electrons. The van der Waals surface area contributed by atoms with Crippen LogP contribution in [0.25, 0.3) is 22.3 Å². The number of benzene rings is 2. The van der Waals surface area contributed by atoms with Gasteiger partial charge in [-0.1, -0.05) is 30.3 Å². The Kier molecular flexibility index (Phi) is 4.21. The van der Waals surface area contributed by atoms with Gasteiger partial charge in [-0.15, -0.1) is 0 Å². The number of aromatic nitrogens is 3. The fourth-order valence-electron chi connectivity index (χ4n) is 3.92. The number of hydrogen-bond acceptors (Lipinski definition) is 6. The highest BCUT2D eigenvalue weighted by Gasteiger charge is 2.41. The number of imide groups is 1. The molecule has 0 fully saturated rings. The topological polar surface area (TPSA) is 86.6 Å². The Morgan fingerprint density at radius 2 is 1.71 bits per heavy atom. The molecule has 1 aliphatic heterocycles. The Bertz CT molecular complexity index is 1360. The molecule has 0 unspecified atom stereocenters. The van der Waals surface area contributed by atoms with Gasteiger partial charge in [-0.3, -0.25) is 9.59 Å². The number of carbonyl (C=O) groups excluding carboxylic acids is 2. The second-order valence-electron chi connectivity index (χ2n) is 7.07. The van der Waals surface area contributed by atoms with E-state index in [1.165, 1.54) is 20.4 Å². The minimum Gasteiger partial charge on any atom is -0.497 e. The lowest BCUT2D eigenvalue weighted by atomic mass is 10.0. The summed E-state index contributed by atoms with van der Waals surface area (Å²) in [7, 11) is 4.76. The number of ether oxygens (including phenoxy) is 2. The second kappa shape index (κ2) is 6.94. The fourth-order valence-corrected chi connectivity index (χ4v) is 3.92. The van der Waals surface area contributed by atoms with Crippen LogP contribution in [0.3, 0.4) is 0 Å². The molecule has 2 aromatic heterocycles. The van der Waals surface area contributed by atoms with Crippen molar-refractivity contribution in [1.29, 1.82) is 0 Å². The van der Waals surface area contributed by atoms with Gasteiger partial charge in [0.1, 0.15) is 17.2 Å². The van der Waals surface area contributed by atoms with Crippen molar-refractivity contribution >= 4 is 28.5 Å². The zero-order valence-electron chi connectivity index (χ0n) is 17.1. The highest BCUT2D eigenvalue weighted by molar-refractivity contribution is 6.38. The smallest absolute Gasteiger partial charge is 0.267 e. The number of fused-ring (bicyclic) bond motifs is 3. The summed E-state index contributed by atoms with van der Waals surface area (Å²) in [6.07, 6.45) is 1.43. The first-order valence-corrected chi connectivity index (χ1v) is 9.57. The summed E-state index contributed by atoms with van der Waals surface area (Å²) in [5, 5.41) is 5.13. The van der Waals surface area contributed by atoms with Gasteiger partial charge in [-0.05, 0) is 12.1 Å². The maximum absolute atomic E-state index is 13.6. The minimum atomic E-state index is -0.469. The van der Waals surface area contributed by atoms with E-state index >= 15 is 0 Å². The van der Waals surface area contributed by atoms with E-state index in [-0.39, 0.29) is 11.1 Å². The van der Waals surface area contributed by atoms with Crippen LogP contribution in [0.4, 0.5) is 5.69 Å². The molecule has 0 saturated heterocycles. The minimum absolute atomic E-state index is 0.229. The third-order valence-corrected chi connectivity index (χ3v) is 5.38. The van der Waals surface area contributed by atoms with Gasteiger partial charge in [0.15, 0.2) is 5.65 Å². The van der Waals surface area contributed by atoms with E-state index in [9.17, 15) is 9.59 Å². The fraction of sp³-hybridized carbons (Fsp3) is 0.130. The Balaban J connectivity index is 1.76. The van der Waals surface area contributed by atoms with Crippen molar-refractivity contribution in [3.05, 3.63) is 65.9 Å². The summed E-state index contributed by atoms with van der Waals surface area (Å²) >= 11 is 0. The maximum Gasteiger partial charge on any atom is 0.267 e. The van der Waals surface area contributed by atoms with Crippen molar-refractivity contribution in [1.82, 2.24) is 14.8 Å². The molecule has 8 nitrogen and oxygen atoms in total. The average Bonchev–Trinajstić information content (AvgIpc) is 3.27. The summed E-state index contributed by atoms with van der Waals surface area (Å²) in [6, 6.07) is 14.5. The SMILES string of the molecule is COc1ccc(OC)c(N2C(=O)c3cnc4c(c(-c5ccccc5)nn4C)c3C2=O)c1. The van der Waals surface area contributed by atoms with Crippen molar-refractivity contribution in [2.24, 2.45) is 7.05 Å². The van der Waals surface area contributed by atoms with Crippen LogP contribution in [-0.2, 0) is 7.05 Å². The van der Waals surface area contributed by atoms with Gasteiger partial charge in [0.25, 0.3) is 11.8 Å². The lowest BCUT2D eigenvalue weighted by Crippen LogP contribution is -2.29. The molecular formula is C23H18N4O4. The van der Waals surface area contributed by atoms with Gasteiger partial charge >= 0.3 is 0 Å². The van der Waals surface area contributed by atoms with Crippen LogP contribution in [0.15, 0.2) is 54.7 Å². The summed E-state index contributed by atoms with van der Waals surface area (Å²) in [5.41, 5.74) is 2.79. The standard InChI is InChI=1S/C23H18N4O4/c1-26-21-19(20(25-26)13-7-5-4-6-8-13)18-15(12-24-21)22(28)27(23(18)29)16-11-14(30-2)9-10-17(16)31-3/h4-12H,1-3H3. The molecule has 2 amide bonds. The molecule has 0 spiro atoms. The third-order valence-electron chi connectivity index (χ3n) is 5.38. The lowest BCUT2D eigenvalue weighted by molar-refractivity contribution is 0.0925. The van der Waals surface area contributed by atoms with Crippen molar-refractivity contribution in [3.8, 4) is 22.8 Å². The number of aryl methyl sites for hydroxylation is 1. The number of amides is 2. The third kappa shape index (κ3) is 2.68. The molecule has 1 aliphatic rings. The monoisotopic (exact) mass is 414 g/mol. The lowest BCUT2D eigenvalue weighted by Gasteiger charge is -2.18. The molecule has 154 valence electrons. The predicted octanol–water partition coefficient (Wildman–Crippen LogP) is 3.45. The van der Waals surface area contributed by atoms with Crippen LogP contribution in [0.2, 0.25) is 0 Å². The summed E-state index contributed by atoms with van der Waals surface area (Å²) in [6.45, 7) is 0. The first-order chi connectivity index (χ1) is 15.0. The highest BCUT2D eigenvalue weighted by Crippen LogP contribution is 2.40. The van der Waals surface area contributed by atoms with E-state index in [4.69, 9.17) is 9.47 Å². The summed E-state index contributed by atoms with van der Waals surface area (Å²) in [5.74, 6) is -0.0380. The Hall–Kier alpha value is -4.20. The zero-order valence-corrected chi connectivity index (χ0v) is 17.1. The van der Waals surface area contributed by atoms with E-state index in [1.807, 2.05) is 30.3 Å². The quantitative estimate of drug-likeness (QED) is 0.476. The number of hydrogen-bond donors (Lipinski definition) is 0. The van der Waals surface area contributed by atoms with Crippen LogP contribution in [0, 0.1) is 0 Å². The van der Waals surface area contributed by atoms with Crippen LogP contribution in [0.1, 0.15) is 20.7 Å². The van der Waals surface area contributed by atoms with Crippen LogP contribution in [-0.4, -0.2) is 40.8 Å². The number of methoxy groups -OCH3 is 2. The van der Waals surface area contributed by atoms with E-state index in [0.29, 0.717) is 33.9 Å². The van der Waals surface area contributed by atoms with Crippen molar-refractivity contribution in [2.45, 2.75) is 0 Å². The average molecular weight is 414 g/mol. The Morgan fingerprint density at radius 3 is 2.42 bits per heavy atom. The van der Waals surface area contributed by atoms with E-state index in [0.717, 1.165) is 10.5 Å². The highest BCUT2D eigenvalue weighted by atomic mass is 16.5. The molecular weight excluding hydrogens is 396 g/mol. The number of carbonyl (C=O) groups is 2. The van der Waals surface area contributed by atoms with Crippen molar-refractivity contribution in [2.75, 3.05) is 19.1 Å². The molecule has 5 rings (SSSR count). The van der Waals surface area contributed by atoms with Gasteiger partial charge in [0.05, 0.1) is 36.4 Å². The van der Waals surface area contributed by atoms with Crippen LogP contribution in [0.5, 0.6) is 11.5 Å². The van der Waals surface area contributed by atoms with Gasteiger partial charge in [-0.2, -0.15) is 5.10 Å². The van der Waals surface area contributed by atoms with Gasteiger partial charge in [0.2, 0.25) is 0 Å². The van der Waals surface area contributed by atoms with Crippen LogP contribution >= 0.6 is 0 Å². The first-order valence-electron chi connectivity index (χ1n) is 9.57. The molecule has 0 atom stereocenters. The zero-order chi connectivity index (χ0) is 21.7. The molecule has 3 heterocycles. The first kappa shape index (κ1) is 18.8.